The van der Waals surface area contributed by atoms with Crippen LogP contribution in [0.25, 0.3) is 0 Å². The maximum atomic E-state index is 13.6. The van der Waals surface area contributed by atoms with Gasteiger partial charge >= 0.3 is 0 Å². The van der Waals surface area contributed by atoms with Crippen molar-refractivity contribution >= 4 is 11.7 Å². The highest BCUT2D eigenvalue weighted by Gasteiger charge is 2.11. The Hall–Kier alpha value is -2.77. The zero-order chi connectivity index (χ0) is 16.8. The van der Waals surface area contributed by atoms with Gasteiger partial charge < -0.3 is 15.7 Å². The molecule has 1 amide bonds. The highest BCUT2D eigenvalue weighted by Crippen LogP contribution is 2.19. The molecule has 1 aromatic carbocycles. The van der Waals surface area contributed by atoms with Crippen LogP contribution in [0.5, 0.6) is 5.75 Å². The Kier molecular flexibility index (Phi) is 5.40. The summed E-state index contributed by atoms with van der Waals surface area (Å²) < 4.78 is 27.1. The van der Waals surface area contributed by atoms with Crippen LogP contribution in [0.4, 0.5) is 14.6 Å². The molecule has 0 saturated heterocycles. The van der Waals surface area contributed by atoms with Gasteiger partial charge in [0.2, 0.25) is 0 Å². The lowest BCUT2D eigenvalue weighted by atomic mass is 10.1. The third kappa shape index (κ3) is 4.35. The average molecular weight is 322 g/mol. The van der Waals surface area contributed by atoms with E-state index in [1.54, 1.807) is 13.0 Å². The van der Waals surface area contributed by atoms with Gasteiger partial charge in [0.05, 0.1) is 0 Å². The second-order valence-electron chi connectivity index (χ2n) is 4.73. The molecule has 0 spiro atoms. The second-order valence-corrected chi connectivity index (χ2v) is 4.73. The minimum atomic E-state index is -0.804. The first-order chi connectivity index (χ1) is 11.0. The molecular formula is C15H16F2N4O2. The lowest BCUT2D eigenvalue weighted by molar-refractivity contribution is 0.0950. The van der Waals surface area contributed by atoms with Gasteiger partial charge in [0.25, 0.3) is 5.91 Å². The van der Waals surface area contributed by atoms with Gasteiger partial charge in [0, 0.05) is 30.8 Å². The smallest absolute Gasteiger partial charge is 0.271 e. The number of phenolic OH excluding ortho intramolecular Hbond substituents is 1. The van der Waals surface area contributed by atoms with Crippen LogP contribution in [0.1, 0.15) is 23.0 Å². The number of nitrogens with one attached hydrogen (secondary N) is 2. The molecule has 0 unspecified atom stereocenters. The number of aromatic hydroxyl groups is 1. The Balaban J connectivity index is 1.93. The lowest BCUT2D eigenvalue weighted by Crippen LogP contribution is -2.24. The summed E-state index contributed by atoms with van der Waals surface area (Å²) >= 11 is 0. The van der Waals surface area contributed by atoms with E-state index >= 15 is 0 Å². The molecular weight excluding hydrogens is 306 g/mol. The monoisotopic (exact) mass is 322 g/mol. The first kappa shape index (κ1) is 16.6. The molecule has 0 aliphatic heterocycles. The quantitative estimate of drug-likeness (QED) is 0.756. The third-order valence-corrected chi connectivity index (χ3v) is 3.04. The molecule has 0 aliphatic carbocycles. The zero-order valence-corrected chi connectivity index (χ0v) is 12.4. The predicted molar refractivity (Wildman–Crippen MR) is 80.3 cm³/mol. The maximum absolute atomic E-state index is 13.6. The van der Waals surface area contributed by atoms with Crippen molar-refractivity contribution in [2.24, 2.45) is 0 Å². The van der Waals surface area contributed by atoms with Crippen LogP contribution in [-0.2, 0) is 6.42 Å². The molecule has 0 fully saturated rings. The Bertz CT molecular complexity index is 669. The molecule has 1 heterocycles. The number of hydrogen-bond acceptors (Lipinski definition) is 5. The van der Waals surface area contributed by atoms with E-state index in [-0.39, 0.29) is 30.1 Å². The van der Waals surface area contributed by atoms with Crippen LogP contribution in [0.2, 0.25) is 0 Å². The van der Waals surface area contributed by atoms with Gasteiger partial charge in [0.1, 0.15) is 23.2 Å². The van der Waals surface area contributed by atoms with Crippen molar-refractivity contribution in [3.05, 3.63) is 47.2 Å². The Morgan fingerprint density at radius 2 is 1.91 bits per heavy atom. The molecule has 8 heteroatoms. The number of hydrogen-bond donors (Lipinski definition) is 3. The summed E-state index contributed by atoms with van der Waals surface area (Å²) in [6, 6.07) is 4.78. The molecule has 0 atom stereocenters. The number of carbonyl (C=O) groups is 1. The number of phenols is 1. The van der Waals surface area contributed by atoms with Gasteiger partial charge in [0.15, 0.2) is 5.69 Å². The average Bonchev–Trinajstić information content (AvgIpc) is 2.50. The number of benzene rings is 1. The van der Waals surface area contributed by atoms with E-state index in [0.717, 1.165) is 12.1 Å². The molecule has 23 heavy (non-hydrogen) atoms. The highest BCUT2D eigenvalue weighted by atomic mass is 19.1. The third-order valence-electron chi connectivity index (χ3n) is 3.04. The van der Waals surface area contributed by atoms with Crippen molar-refractivity contribution in [1.82, 2.24) is 15.5 Å². The summed E-state index contributed by atoms with van der Waals surface area (Å²) in [5, 5.41) is 22.1. The number of aromatic nitrogens is 2. The number of rotatable bonds is 6. The zero-order valence-electron chi connectivity index (χ0n) is 12.4. The van der Waals surface area contributed by atoms with Gasteiger partial charge in [-0.2, -0.15) is 0 Å². The summed E-state index contributed by atoms with van der Waals surface area (Å²) in [4.78, 5) is 11.5. The number of carbonyl (C=O) groups excluding carboxylic acids is 1. The van der Waals surface area contributed by atoms with E-state index in [1.165, 1.54) is 6.07 Å². The van der Waals surface area contributed by atoms with E-state index in [0.29, 0.717) is 12.4 Å². The van der Waals surface area contributed by atoms with E-state index in [2.05, 4.69) is 20.8 Å². The fourth-order valence-corrected chi connectivity index (χ4v) is 1.94. The molecule has 6 nitrogen and oxygen atoms in total. The summed E-state index contributed by atoms with van der Waals surface area (Å²) in [7, 11) is 0. The fraction of sp³-hybridized carbons (Fsp3) is 0.267. The standard InChI is InChI=1S/C15H16F2N4O2/c1-2-18-15(23)13-3-4-14(21-20-13)19-6-5-10-11(16)7-9(22)8-12(10)17/h3-4,7-8,22H,2,5-6H2,1H3,(H,18,23)(H,19,21). The Labute approximate surface area is 131 Å². The lowest BCUT2D eigenvalue weighted by Gasteiger charge is -2.08. The molecule has 122 valence electrons. The Morgan fingerprint density at radius 3 is 2.48 bits per heavy atom. The van der Waals surface area contributed by atoms with Crippen LogP contribution < -0.4 is 10.6 Å². The van der Waals surface area contributed by atoms with Crippen molar-refractivity contribution in [1.29, 1.82) is 0 Å². The summed E-state index contributed by atoms with van der Waals surface area (Å²) in [6.45, 7) is 2.50. The number of nitrogens with zero attached hydrogens (tertiary/aromatic N) is 2. The van der Waals surface area contributed by atoms with Crippen LogP contribution in [-0.4, -0.2) is 34.3 Å². The second kappa shape index (κ2) is 7.48. The molecule has 0 saturated carbocycles. The van der Waals surface area contributed by atoms with E-state index in [4.69, 9.17) is 5.11 Å². The highest BCUT2D eigenvalue weighted by molar-refractivity contribution is 5.92. The minimum absolute atomic E-state index is 0.0672. The van der Waals surface area contributed by atoms with Crippen molar-refractivity contribution in [3.63, 3.8) is 0 Å². The topological polar surface area (TPSA) is 87.1 Å². The first-order valence-electron chi connectivity index (χ1n) is 7.04. The summed E-state index contributed by atoms with van der Waals surface area (Å²) in [5.74, 6) is -2.00. The largest absolute Gasteiger partial charge is 0.508 e. The number of halogens is 2. The van der Waals surface area contributed by atoms with Crippen LogP contribution in [0.3, 0.4) is 0 Å². The molecule has 0 radical (unpaired) electrons. The van der Waals surface area contributed by atoms with Gasteiger partial charge in [-0.25, -0.2) is 8.78 Å². The molecule has 2 aromatic rings. The normalized spacial score (nSPS) is 10.4. The van der Waals surface area contributed by atoms with E-state index in [9.17, 15) is 13.6 Å². The van der Waals surface area contributed by atoms with Crippen molar-refractivity contribution in [2.45, 2.75) is 13.3 Å². The van der Waals surface area contributed by atoms with Crippen molar-refractivity contribution in [3.8, 4) is 5.75 Å². The summed E-state index contributed by atoms with van der Waals surface area (Å²) in [6.07, 6.45) is 0.0672. The van der Waals surface area contributed by atoms with Crippen LogP contribution in [0, 0.1) is 11.6 Å². The maximum Gasteiger partial charge on any atom is 0.271 e. The van der Waals surface area contributed by atoms with Gasteiger partial charge in [-0.3, -0.25) is 4.79 Å². The molecule has 2 rings (SSSR count). The van der Waals surface area contributed by atoms with Crippen molar-refractivity contribution in [2.75, 3.05) is 18.4 Å². The van der Waals surface area contributed by atoms with E-state index in [1.807, 2.05) is 0 Å². The molecule has 0 bridgehead atoms. The number of anilines is 1. The fourth-order valence-electron chi connectivity index (χ4n) is 1.94. The summed E-state index contributed by atoms with van der Waals surface area (Å²) in [5.41, 5.74) is 0.0650. The predicted octanol–water partition coefficient (Wildman–Crippen LogP) is 1.86. The van der Waals surface area contributed by atoms with Crippen molar-refractivity contribution < 1.29 is 18.7 Å². The first-order valence-corrected chi connectivity index (χ1v) is 7.04. The molecule has 1 aromatic heterocycles. The van der Waals surface area contributed by atoms with Gasteiger partial charge in [-0.1, -0.05) is 0 Å². The minimum Gasteiger partial charge on any atom is -0.508 e. The van der Waals surface area contributed by atoms with E-state index < -0.39 is 17.4 Å². The molecule has 3 N–H and O–H groups in total. The van der Waals surface area contributed by atoms with Gasteiger partial charge in [-0.05, 0) is 25.5 Å². The molecule has 0 aliphatic rings. The number of amides is 1. The van der Waals surface area contributed by atoms with Crippen LogP contribution >= 0.6 is 0 Å². The SMILES string of the molecule is CCNC(=O)c1ccc(NCCc2c(F)cc(O)cc2F)nn1. The van der Waals surface area contributed by atoms with Gasteiger partial charge in [-0.15, -0.1) is 10.2 Å². The Morgan fingerprint density at radius 1 is 1.22 bits per heavy atom. The van der Waals surface area contributed by atoms with Crippen LogP contribution in [0.15, 0.2) is 24.3 Å².